The molecule has 0 aromatic carbocycles. The number of amides is 2. The predicted octanol–water partition coefficient (Wildman–Crippen LogP) is 2.10. The summed E-state index contributed by atoms with van der Waals surface area (Å²) in [6.45, 7) is 7.89. The fourth-order valence-electron chi connectivity index (χ4n) is 2.40. The van der Waals surface area contributed by atoms with E-state index < -0.39 is 0 Å². The van der Waals surface area contributed by atoms with Gasteiger partial charge in [-0.3, -0.25) is 0 Å². The second-order valence-electron chi connectivity index (χ2n) is 5.34. The van der Waals surface area contributed by atoms with Crippen molar-refractivity contribution >= 4 is 17.8 Å². The van der Waals surface area contributed by atoms with Crippen molar-refractivity contribution in [3.8, 4) is 0 Å². The van der Waals surface area contributed by atoms with E-state index in [4.69, 9.17) is 4.74 Å². The molecule has 1 rings (SSSR count). The zero-order valence-corrected chi connectivity index (χ0v) is 12.7. The maximum Gasteiger partial charge on any atom is 0.315 e. The smallest absolute Gasteiger partial charge is 0.315 e. The van der Waals surface area contributed by atoms with Crippen molar-refractivity contribution in [1.82, 2.24) is 10.6 Å². The Labute approximate surface area is 115 Å². The fourth-order valence-corrected chi connectivity index (χ4v) is 2.98. The molecule has 5 heteroatoms. The van der Waals surface area contributed by atoms with Crippen LogP contribution in [-0.2, 0) is 4.74 Å². The highest BCUT2D eigenvalue weighted by Gasteiger charge is 2.30. The largest absolute Gasteiger partial charge is 0.378 e. The number of rotatable bonds is 6. The third-order valence-corrected chi connectivity index (χ3v) is 4.07. The maximum absolute atomic E-state index is 11.7. The van der Waals surface area contributed by atoms with E-state index in [2.05, 4.69) is 24.5 Å². The normalized spacial score (nSPS) is 25.2. The standard InChI is InChI=1S/C13H26N2O2S/c1-9(2)12-11(5-6-17-12)7-14-13(16)15-10(3)8-18-4/h9-12H,5-8H2,1-4H3,(H2,14,15,16)/t10-,11+,12+/m0/s1. The zero-order chi connectivity index (χ0) is 13.5. The van der Waals surface area contributed by atoms with Gasteiger partial charge in [0.25, 0.3) is 0 Å². The third-order valence-electron chi connectivity index (χ3n) is 3.24. The van der Waals surface area contributed by atoms with Gasteiger partial charge in [-0.15, -0.1) is 0 Å². The molecule has 0 saturated carbocycles. The molecule has 2 amide bonds. The highest BCUT2D eigenvalue weighted by atomic mass is 32.2. The van der Waals surface area contributed by atoms with E-state index >= 15 is 0 Å². The first-order valence-corrected chi connectivity index (χ1v) is 8.08. The van der Waals surface area contributed by atoms with Gasteiger partial charge in [0.2, 0.25) is 0 Å². The van der Waals surface area contributed by atoms with Gasteiger partial charge >= 0.3 is 6.03 Å². The minimum Gasteiger partial charge on any atom is -0.378 e. The van der Waals surface area contributed by atoms with Crippen molar-refractivity contribution in [1.29, 1.82) is 0 Å². The van der Waals surface area contributed by atoms with Crippen LogP contribution in [-0.4, -0.2) is 43.3 Å². The molecule has 0 aromatic rings. The Morgan fingerprint density at radius 1 is 1.44 bits per heavy atom. The molecule has 1 saturated heterocycles. The molecule has 2 N–H and O–H groups in total. The molecule has 106 valence electrons. The Balaban J connectivity index is 2.25. The van der Waals surface area contributed by atoms with Crippen molar-refractivity contribution in [3.05, 3.63) is 0 Å². The summed E-state index contributed by atoms with van der Waals surface area (Å²) < 4.78 is 5.70. The predicted molar refractivity (Wildman–Crippen MR) is 77.1 cm³/mol. The Bertz CT molecular complexity index is 261. The summed E-state index contributed by atoms with van der Waals surface area (Å²) >= 11 is 1.74. The van der Waals surface area contributed by atoms with Crippen molar-refractivity contribution in [3.63, 3.8) is 0 Å². The minimum absolute atomic E-state index is 0.0639. The Hall–Kier alpha value is -0.420. The SMILES string of the molecule is CSC[C@H](C)NC(=O)NC[C@H]1CCO[C@@H]1C(C)C. The van der Waals surface area contributed by atoms with Gasteiger partial charge in [-0.2, -0.15) is 11.8 Å². The summed E-state index contributed by atoms with van der Waals surface area (Å²) in [6, 6.07) is 0.145. The highest BCUT2D eigenvalue weighted by Crippen LogP contribution is 2.25. The fraction of sp³-hybridized carbons (Fsp3) is 0.923. The number of urea groups is 1. The molecular weight excluding hydrogens is 248 g/mol. The number of carbonyl (C=O) groups is 1. The lowest BCUT2D eigenvalue weighted by molar-refractivity contribution is 0.0545. The topological polar surface area (TPSA) is 50.4 Å². The van der Waals surface area contributed by atoms with E-state index in [1.807, 2.05) is 13.2 Å². The van der Waals surface area contributed by atoms with Gasteiger partial charge in [-0.05, 0) is 25.5 Å². The summed E-state index contributed by atoms with van der Waals surface area (Å²) in [5.74, 6) is 1.90. The molecule has 0 unspecified atom stereocenters. The number of ether oxygens (including phenoxy) is 1. The van der Waals surface area contributed by atoms with Gasteiger partial charge in [0.15, 0.2) is 0 Å². The molecule has 18 heavy (non-hydrogen) atoms. The van der Waals surface area contributed by atoms with E-state index in [1.165, 1.54) is 0 Å². The molecule has 3 atom stereocenters. The molecule has 1 aliphatic rings. The van der Waals surface area contributed by atoms with Crippen LogP contribution in [0.1, 0.15) is 27.2 Å². The second-order valence-corrected chi connectivity index (χ2v) is 6.25. The first-order chi connectivity index (χ1) is 8.54. The molecule has 0 bridgehead atoms. The number of nitrogens with one attached hydrogen (secondary N) is 2. The number of thioether (sulfide) groups is 1. The third kappa shape index (κ3) is 5.06. The first kappa shape index (κ1) is 15.6. The van der Waals surface area contributed by atoms with E-state index in [-0.39, 0.29) is 18.2 Å². The Morgan fingerprint density at radius 3 is 2.78 bits per heavy atom. The minimum atomic E-state index is -0.0639. The van der Waals surface area contributed by atoms with Crippen LogP contribution in [0.4, 0.5) is 4.79 Å². The summed E-state index contributed by atoms with van der Waals surface area (Å²) in [5, 5.41) is 5.90. The molecule has 0 aromatic heterocycles. The van der Waals surface area contributed by atoms with Gasteiger partial charge < -0.3 is 15.4 Å². The van der Waals surface area contributed by atoms with E-state index in [0.717, 1.165) is 18.8 Å². The van der Waals surface area contributed by atoms with Crippen LogP contribution < -0.4 is 10.6 Å². The van der Waals surface area contributed by atoms with Gasteiger partial charge in [-0.1, -0.05) is 13.8 Å². The molecule has 1 aliphatic heterocycles. The molecule has 0 aliphatic carbocycles. The van der Waals surface area contributed by atoms with Crippen LogP contribution in [0.3, 0.4) is 0 Å². The number of hydrogen-bond acceptors (Lipinski definition) is 3. The van der Waals surface area contributed by atoms with Crippen molar-refractivity contribution in [2.24, 2.45) is 11.8 Å². The van der Waals surface area contributed by atoms with Crippen LogP contribution in [0.5, 0.6) is 0 Å². The number of carbonyl (C=O) groups excluding carboxylic acids is 1. The lowest BCUT2D eigenvalue weighted by atomic mass is 9.93. The average molecular weight is 274 g/mol. The van der Waals surface area contributed by atoms with Crippen LogP contribution in [0.25, 0.3) is 0 Å². The number of hydrogen-bond donors (Lipinski definition) is 2. The van der Waals surface area contributed by atoms with Crippen molar-refractivity contribution in [2.75, 3.05) is 25.2 Å². The Kier molecular flexibility index (Phi) is 6.86. The average Bonchev–Trinajstić information content (AvgIpc) is 2.74. The van der Waals surface area contributed by atoms with Gasteiger partial charge in [0, 0.05) is 30.9 Å². The lowest BCUT2D eigenvalue weighted by Gasteiger charge is -2.22. The van der Waals surface area contributed by atoms with Gasteiger partial charge in [0.05, 0.1) is 6.10 Å². The molecular formula is C13H26N2O2S. The van der Waals surface area contributed by atoms with Crippen LogP contribution in [0, 0.1) is 11.8 Å². The van der Waals surface area contributed by atoms with Crippen LogP contribution >= 0.6 is 11.8 Å². The summed E-state index contributed by atoms with van der Waals surface area (Å²) in [6.07, 6.45) is 3.37. The Morgan fingerprint density at radius 2 is 2.17 bits per heavy atom. The van der Waals surface area contributed by atoms with E-state index in [1.54, 1.807) is 11.8 Å². The molecule has 0 radical (unpaired) electrons. The second kappa shape index (κ2) is 7.89. The molecule has 1 heterocycles. The summed E-state index contributed by atoms with van der Waals surface area (Å²) in [4.78, 5) is 11.7. The van der Waals surface area contributed by atoms with Crippen molar-refractivity contribution in [2.45, 2.75) is 39.3 Å². The quantitative estimate of drug-likeness (QED) is 0.780. The van der Waals surface area contributed by atoms with E-state index in [0.29, 0.717) is 18.4 Å². The molecule has 1 fully saturated rings. The van der Waals surface area contributed by atoms with E-state index in [9.17, 15) is 4.79 Å². The van der Waals surface area contributed by atoms with Crippen LogP contribution in [0.2, 0.25) is 0 Å². The zero-order valence-electron chi connectivity index (χ0n) is 11.9. The molecule has 4 nitrogen and oxygen atoms in total. The summed E-state index contributed by atoms with van der Waals surface area (Å²) in [7, 11) is 0. The molecule has 0 spiro atoms. The summed E-state index contributed by atoms with van der Waals surface area (Å²) in [5.41, 5.74) is 0. The monoisotopic (exact) mass is 274 g/mol. The maximum atomic E-state index is 11.7. The van der Waals surface area contributed by atoms with Gasteiger partial charge in [0.1, 0.15) is 0 Å². The highest BCUT2D eigenvalue weighted by molar-refractivity contribution is 7.98. The first-order valence-electron chi connectivity index (χ1n) is 6.69. The van der Waals surface area contributed by atoms with Gasteiger partial charge in [-0.25, -0.2) is 4.79 Å². The van der Waals surface area contributed by atoms with Crippen molar-refractivity contribution < 1.29 is 9.53 Å². The lowest BCUT2D eigenvalue weighted by Crippen LogP contribution is -2.44. The van der Waals surface area contributed by atoms with Crippen LogP contribution in [0.15, 0.2) is 0 Å².